The van der Waals surface area contributed by atoms with E-state index in [2.05, 4.69) is 51.7 Å². The van der Waals surface area contributed by atoms with Crippen molar-refractivity contribution in [1.82, 2.24) is 20.4 Å². The number of guanidine groups is 1. The number of hydrogen-bond donors (Lipinski definition) is 2. The van der Waals surface area contributed by atoms with Crippen molar-refractivity contribution >= 4 is 35.8 Å². The van der Waals surface area contributed by atoms with Crippen LogP contribution in [0.5, 0.6) is 0 Å². The average Bonchev–Trinajstić information content (AvgIpc) is 3.17. The Kier molecular flexibility index (Phi) is 12.4. The van der Waals surface area contributed by atoms with Crippen LogP contribution in [-0.4, -0.2) is 74.0 Å². The molecule has 7 heteroatoms. The molecule has 0 radical (unpaired) electrons. The third kappa shape index (κ3) is 8.54. The lowest BCUT2D eigenvalue weighted by molar-refractivity contribution is -0.127. The van der Waals surface area contributed by atoms with Crippen LogP contribution in [0.1, 0.15) is 51.0 Å². The molecule has 2 aliphatic heterocycles. The topological polar surface area (TPSA) is 60.0 Å². The third-order valence-electron chi connectivity index (χ3n) is 6.64. The number of aliphatic imine (C=N–C) groups is 1. The van der Waals surface area contributed by atoms with Crippen LogP contribution in [0.2, 0.25) is 0 Å². The number of halogens is 1. The fourth-order valence-corrected chi connectivity index (χ4v) is 4.74. The summed E-state index contributed by atoms with van der Waals surface area (Å²) in [6.45, 7) is 8.07. The zero-order valence-corrected chi connectivity index (χ0v) is 22.2. The minimum atomic E-state index is 0. The standard InChI is InChI=1S/C25H41N5O.HI/c1-3-4-14-29-15-9-8-12-23(29)19-28-25(26-2)27-18-22-17-24(31)30(20-22)16-13-21-10-6-5-7-11-21;/h5-7,10-11,22-23H,3-4,8-9,12-20H2,1-2H3,(H2,26,27,28);1H. The Morgan fingerprint density at radius 2 is 1.91 bits per heavy atom. The van der Waals surface area contributed by atoms with Gasteiger partial charge in [0.15, 0.2) is 5.96 Å². The van der Waals surface area contributed by atoms with Gasteiger partial charge >= 0.3 is 0 Å². The summed E-state index contributed by atoms with van der Waals surface area (Å²) in [5, 5.41) is 7.00. The van der Waals surface area contributed by atoms with Crippen molar-refractivity contribution in [2.24, 2.45) is 10.9 Å². The molecule has 180 valence electrons. The summed E-state index contributed by atoms with van der Waals surface area (Å²) < 4.78 is 0. The van der Waals surface area contributed by atoms with Crippen LogP contribution in [-0.2, 0) is 11.2 Å². The van der Waals surface area contributed by atoms with Crippen molar-refractivity contribution in [3.8, 4) is 0 Å². The second-order valence-corrected chi connectivity index (χ2v) is 9.02. The number of benzene rings is 1. The Labute approximate surface area is 211 Å². The van der Waals surface area contributed by atoms with Gasteiger partial charge in [-0.2, -0.15) is 0 Å². The van der Waals surface area contributed by atoms with Crippen LogP contribution >= 0.6 is 24.0 Å². The quantitative estimate of drug-likeness (QED) is 0.264. The molecule has 32 heavy (non-hydrogen) atoms. The van der Waals surface area contributed by atoms with Gasteiger partial charge in [-0.15, -0.1) is 24.0 Å². The molecule has 0 bridgehead atoms. The highest BCUT2D eigenvalue weighted by molar-refractivity contribution is 14.0. The van der Waals surface area contributed by atoms with Gasteiger partial charge in [0.05, 0.1) is 0 Å². The second kappa shape index (κ2) is 14.7. The minimum Gasteiger partial charge on any atom is -0.356 e. The highest BCUT2D eigenvalue weighted by Crippen LogP contribution is 2.18. The molecule has 0 saturated carbocycles. The predicted octanol–water partition coefficient (Wildman–Crippen LogP) is 3.52. The van der Waals surface area contributed by atoms with Crippen LogP contribution in [0, 0.1) is 5.92 Å². The number of nitrogens with one attached hydrogen (secondary N) is 2. The van der Waals surface area contributed by atoms with Gasteiger partial charge in [-0.25, -0.2) is 0 Å². The zero-order valence-electron chi connectivity index (χ0n) is 19.9. The van der Waals surface area contributed by atoms with E-state index >= 15 is 0 Å². The summed E-state index contributed by atoms with van der Waals surface area (Å²) in [4.78, 5) is 21.5. The number of rotatable bonds is 10. The van der Waals surface area contributed by atoms with Crippen LogP contribution in [0.4, 0.5) is 0 Å². The summed E-state index contributed by atoms with van der Waals surface area (Å²) in [5.74, 6) is 1.48. The first kappa shape index (κ1) is 26.9. The van der Waals surface area contributed by atoms with Gasteiger partial charge < -0.3 is 15.5 Å². The van der Waals surface area contributed by atoms with Crippen LogP contribution < -0.4 is 10.6 Å². The Bertz CT molecular complexity index is 699. The molecule has 0 aromatic heterocycles. The first-order valence-corrected chi connectivity index (χ1v) is 12.2. The van der Waals surface area contributed by atoms with Gasteiger partial charge in [0.2, 0.25) is 5.91 Å². The first-order valence-electron chi connectivity index (χ1n) is 12.2. The second-order valence-electron chi connectivity index (χ2n) is 9.02. The maximum absolute atomic E-state index is 12.4. The maximum atomic E-state index is 12.4. The van der Waals surface area contributed by atoms with Gasteiger partial charge in [0.1, 0.15) is 0 Å². The zero-order chi connectivity index (χ0) is 21.9. The summed E-state index contributed by atoms with van der Waals surface area (Å²) in [6.07, 6.45) is 8.00. The van der Waals surface area contributed by atoms with E-state index in [0.717, 1.165) is 38.6 Å². The molecule has 2 aliphatic rings. The molecule has 3 rings (SSSR count). The van der Waals surface area contributed by atoms with E-state index in [4.69, 9.17) is 0 Å². The van der Waals surface area contributed by atoms with Gasteiger partial charge in [0.25, 0.3) is 0 Å². The van der Waals surface area contributed by atoms with Crippen molar-refractivity contribution in [3.05, 3.63) is 35.9 Å². The normalized spacial score (nSPS) is 22.0. The van der Waals surface area contributed by atoms with Crippen LogP contribution in [0.3, 0.4) is 0 Å². The number of nitrogens with zero attached hydrogens (tertiary/aromatic N) is 3. The maximum Gasteiger partial charge on any atom is 0.223 e. The molecule has 2 atom stereocenters. The predicted molar refractivity (Wildman–Crippen MR) is 144 cm³/mol. The molecule has 1 amide bonds. The van der Waals surface area contributed by atoms with Gasteiger partial charge in [-0.3, -0.25) is 14.7 Å². The lowest BCUT2D eigenvalue weighted by Gasteiger charge is -2.36. The van der Waals surface area contributed by atoms with Crippen LogP contribution in [0.15, 0.2) is 35.3 Å². The molecule has 2 fully saturated rings. The van der Waals surface area contributed by atoms with Crippen molar-refractivity contribution < 1.29 is 4.79 Å². The Morgan fingerprint density at radius 3 is 2.66 bits per heavy atom. The number of unbranched alkanes of at least 4 members (excludes halogenated alkanes) is 1. The molecule has 1 aromatic rings. The van der Waals surface area contributed by atoms with Gasteiger partial charge in [0, 0.05) is 51.6 Å². The molecule has 2 saturated heterocycles. The third-order valence-corrected chi connectivity index (χ3v) is 6.64. The van der Waals surface area contributed by atoms with Crippen molar-refractivity contribution in [2.45, 2.75) is 57.9 Å². The van der Waals surface area contributed by atoms with Crippen molar-refractivity contribution in [3.63, 3.8) is 0 Å². The molecular weight excluding hydrogens is 513 g/mol. The van der Waals surface area contributed by atoms with E-state index in [-0.39, 0.29) is 29.9 Å². The smallest absolute Gasteiger partial charge is 0.223 e. The molecule has 1 aromatic carbocycles. The van der Waals surface area contributed by atoms with E-state index in [1.165, 1.54) is 50.8 Å². The minimum absolute atomic E-state index is 0. The van der Waals surface area contributed by atoms with Crippen molar-refractivity contribution in [1.29, 1.82) is 0 Å². The van der Waals surface area contributed by atoms with Crippen molar-refractivity contribution in [2.75, 3.05) is 46.3 Å². The Balaban J connectivity index is 0.00000363. The van der Waals surface area contributed by atoms with Crippen LogP contribution in [0.25, 0.3) is 0 Å². The summed E-state index contributed by atoms with van der Waals surface area (Å²) in [7, 11) is 1.83. The molecule has 2 unspecified atom stereocenters. The molecule has 6 nitrogen and oxygen atoms in total. The van der Waals surface area contributed by atoms with E-state index < -0.39 is 0 Å². The summed E-state index contributed by atoms with van der Waals surface area (Å²) >= 11 is 0. The number of hydrogen-bond acceptors (Lipinski definition) is 3. The van der Waals surface area contributed by atoms with E-state index in [9.17, 15) is 4.79 Å². The summed E-state index contributed by atoms with van der Waals surface area (Å²) in [5.41, 5.74) is 1.29. The van der Waals surface area contributed by atoms with E-state index in [1.54, 1.807) is 0 Å². The number of carbonyl (C=O) groups is 1. The number of amides is 1. The summed E-state index contributed by atoms with van der Waals surface area (Å²) in [6, 6.07) is 11.0. The lowest BCUT2D eigenvalue weighted by Crippen LogP contribution is -2.49. The fourth-order valence-electron chi connectivity index (χ4n) is 4.74. The largest absolute Gasteiger partial charge is 0.356 e. The Hall–Kier alpha value is -1.35. The van der Waals surface area contributed by atoms with E-state index in [0.29, 0.717) is 18.4 Å². The molecular formula is C25H42IN5O. The highest BCUT2D eigenvalue weighted by Gasteiger charge is 2.29. The monoisotopic (exact) mass is 555 g/mol. The fraction of sp³-hybridized carbons (Fsp3) is 0.680. The SMILES string of the molecule is CCCCN1CCCCC1CNC(=NC)NCC1CC(=O)N(CCc2ccccc2)C1.I. The highest BCUT2D eigenvalue weighted by atomic mass is 127. The van der Waals surface area contributed by atoms with Gasteiger partial charge in [-0.05, 0) is 44.3 Å². The van der Waals surface area contributed by atoms with E-state index in [1.807, 2.05) is 18.0 Å². The molecule has 2 heterocycles. The average molecular weight is 556 g/mol. The molecule has 0 aliphatic carbocycles. The number of piperidine rings is 1. The number of carbonyl (C=O) groups excluding carboxylic acids is 1. The number of likely N-dealkylation sites (tertiary alicyclic amines) is 2. The van der Waals surface area contributed by atoms with Gasteiger partial charge in [-0.1, -0.05) is 50.1 Å². The first-order chi connectivity index (χ1) is 15.2. The lowest BCUT2D eigenvalue weighted by atomic mass is 10.0. The molecule has 0 spiro atoms. The molecule has 2 N–H and O–H groups in total. The Morgan fingerprint density at radius 1 is 1.12 bits per heavy atom.